The molecule has 0 unspecified atom stereocenters. The monoisotopic (exact) mass is 263 g/mol. The van der Waals surface area contributed by atoms with Crippen LogP contribution in [-0.2, 0) is 19.5 Å². The minimum absolute atomic E-state index is 0.687. The molecule has 2 rings (SSSR count). The molecule has 0 aliphatic carbocycles. The second-order valence-electron chi connectivity index (χ2n) is 4.93. The van der Waals surface area contributed by atoms with Crippen molar-refractivity contribution >= 4 is 11.3 Å². The van der Waals surface area contributed by atoms with E-state index in [1.165, 1.54) is 10.6 Å². The highest BCUT2D eigenvalue weighted by molar-refractivity contribution is 7.09. The maximum Gasteiger partial charge on any atom is 0.0948 e. The maximum atomic E-state index is 4.25. The first kappa shape index (κ1) is 13.3. The largest absolute Gasteiger partial charge is 0.333 e. The van der Waals surface area contributed by atoms with Gasteiger partial charge in [0.05, 0.1) is 12.0 Å². The average molecular weight is 263 g/mol. The normalized spacial score (nSPS) is 11.3. The lowest BCUT2D eigenvalue weighted by Gasteiger charge is -2.10. The molecule has 0 saturated carbocycles. The number of aromatic nitrogens is 2. The van der Waals surface area contributed by atoms with Gasteiger partial charge in [-0.2, -0.15) is 0 Å². The highest BCUT2D eigenvalue weighted by Crippen LogP contribution is 2.11. The molecular weight excluding hydrogens is 242 g/mol. The molecule has 0 amide bonds. The Hall–Kier alpha value is -1.13. The molecule has 1 N–H and O–H groups in total. The van der Waals surface area contributed by atoms with E-state index in [1.54, 1.807) is 0 Å². The van der Waals surface area contributed by atoms with Crippen LogP contribution in [0.3, 0.4) is 0 Å². The van der Waals surface area contributed by atoms with Gasteiger partial charge in [-0.25, -0.2) is 4.98 Å². The summed E-state index contributed by atoms with van der Waals surface area (Å²) in [7, 11) is 0. The summed E-state index contributed by atoms with van der Waals surface area (Å²) >= 11 is 1.82. The smallest absolute Gasteiger partial charge is 0.0948 e. The van der Waals surface area contributed by atoms with Gasteiger partial charge < -0.3 is 9.88 Å². The van der Waals surface area contributed by atoms with Crippen LogP contribution >= 0.6 is 11.3 Å². The predicted molar refractivity (Wildman–Crippen MR) is 76.8 cm³/mol. The molecule has 98 valence electrons. The topological polar surface area (TPSA) is 29.9 Å². The number of hydrogen-bond donors (Lipinski definition) is 1. The SMILES string of the molecule is CC(C)CNCc1cncn1CCc1cccs1. The summed E-state index contributed by atoms with van der Waals surface area (Å²) in [6.45, 7) is 7.42. The fraction of sp³-hybridized carbons (Fsp3) is 0.500. The van der Waals surface area contributed by atoms with E-state index in [0.29, 0.717) is 5.92 Å². The summed E-state index contributed by atoms with van der Waals surface area (Å²) in [4.78, 5) is 5.68. The summed E-state index contributed by atoms with van der Waals surface area (Å²) in [5, 5.41) is 5.60. The highest BCUT2D eigenvalue weighted by atomic mass is 32.1. The van der Waals surface area contributed by atoms with Crippen LogP contribution in [0.25, 0.3) is 0 Å². The van der Waals surface area contributed by atoms with Crippen molar-refractivity contribution < 1.29 is 0 Å². The third kappa shape index (κ3) is 3.96. The average Bonchev–Trinajstić information content (AvgIpc) is 2.96. The zero-order valence-electron chi connectivity index (χ0n) is 11.1. The molecule has 0 spiro atoms. The summed E-state index contributed by atoms with van der Waals surface area (Å²) < 4.78 is 2.24. The van der Waals surface area contributed by atoms with Gasteiger partial charge >= 0.3 is 0 Å². The Kier molecular flexibility index (Phi) is 4.96. The van der Waals surface area contributed by atoms with Crippen molar-refractivity contribution in [2.75, 3.05) is 6.54 Å². The molecule has 0 bridgehead atoms. The highest BCUT2D eigenvalue weighted by Gasteiger charge is 2.03. The quantitative estimate of drug-likeness (QED) is 0.832. The van der Waals surface area contributed by atoms with E-state index < -0.39 is 0 Å². The molecule has 2 heterocycles. The lowest BCUT2D eigenvalue weighted by Crippen LogP contribution is -2.21. The Morgan fingerprint density at radius 1 is 1.44 bits per heavy atom. The predicted octanol–water partition coefficient (Wildman–Crippen LogP) is 2.93. The Balaban J connectivity index is 1.83. The van der Waals surface area contributed by atoms with Crippen molar-refractivity contribution in [2.45, 2.75) is 33.4 Å². The third-order valence-corrected chi connectivity index (χ3v) is 3.77. The van der Waals surface area contributed by atoms with Gasteiger partial charge in [0, 0.05) is 24.2 Å². The summed E-state index contributed by atoms with van der Waals surface area (Å²) in [5.74, 6) is 0.687. The van der Waals surface area contributed by atoms with Gasteiger partial charge in [0.2, 0.25) is 0 Å². The first-order chi connectivity index (χ1) is 8.75. The molecule has 0 fully saturated rings. The van der Waals surface area contributed by atoms with E-state index in [-0.39, 0.29) is 0 Å². The molecule has 0 aliphatic heterocycles. The van der Waals surface area contributed by atoms with Crippen LogP contribution in [0.1, 0.15) is 24.4 Å². The third-order valence-electron chi connectivity index (χ3n) is 2.84. The number of aryl methyl sites for hydroxylation is 2. The molecule has 2 aromatic rings. The van der Waals surface area contributed by atoms with E-state index in [9.17, 15) is 0 Å². The van der Waals surface area contributed by atoms with Gasteiger partial charge in [-0.3, -0.25) is 0 Å². The van der Waals surface area contributed by atoms with Crippen LogP contribution in [-0.4, -0.2) is 16.1 Å². The lowest BCUT2D eigenvalue weighted by atomic mass is 10.2. The minimum atomic E-state index is 0.687. The lowest BCUT2D eigenvalue weighted by molar-refractivity contribution is 0.534. The molecule has 2 aromatic heterocycles. The molecule has 0 atom stereocenters. The van der Waals surface area contributed by atoms with Crippen molar-refractivity contribution in [1.82, 2.24) is 14.9 Å². The number of hydrogen-bond acceptors (Lipinski definition) is 3. The Labute approximate surface area is 113 Å². The number of nitrogens with zero attached hydrogens (tertiary/aromatic N) is 2. The van der Waals surface area contributed by atoms with E-state index in [0.717, 1.165) is 26.1 Å². The van der Waals surface area contributed by atoms with Gasteiger partial charge in [0.25, 0.3) is 0 Å². The molecule has 4 heteroatoms. The zero-order chi connectivity index (χ0) is 12.8. The molecule has 0 aromatic carbocycles. The van der Waals surface area contributed by atoms with Gasteiger partial charge in [0.15, 0.2) is 0 Å². The summed E-state index contributed by atoms with van der Waals surface area (Å²) in [6, 6.07) is 4.30. The number of nitrogens with one attached hydrogen (secondary N) is 1. The van der Waals surface area contributed by atoms with Crippen LogP contribution < -0.4 is 5.32 Å². The van der Waals surface area contributed by atoms with Crippen LogP contribution in [0.2, 0.25) is 0 Å². The van der Waals surface area contributed by atoms with Gasteiger partial charge in [-0.1, -0.05) is 19.9 Å². The molecule has 3 nitrogen and oxygen atoms in total. The van der Waals surface area contributed by atoms with E-state index >= 15 is 0 Å². The van der Waals surface area contributed by atoms with E-state index in [2.05, 4.69) is 46.2 Å². The van der Waals surface area contributed by atoms with Gasteiger partial charge in [-0.05, 0) is 30.3 Å². The van der Waals surface area contributed by atoms with Crippen molar-refractivity contribution in [1.29, 1.82) is 0 Å². The van der Waals surface area contributed by atoms with E-state index in [4.69, 9.17) is 0 Å². The second kappa shape index (κ2) is 6.71. The fourth-order valence-corrected chi connectivity index (χ4v) is 2.57. The molecule has 0 aliphatic rings. The molecule has 0 saturated heterocycles. The fourth-order valence-electron chi connectivity index (χ4n) is 1.87. The summed E-state index contributed by atoms with van der Waals surface area (Å²) in [5.41, 5.74) is 1.27. The standard InChI is InChI=1S/C14H21N3S/c1-12(2)8-15-9-13-10-16-11-17(13)6-5-14-4-3-7-18-14/h3-4,7,10-12,15H,5-6,8-9H2,1-2H3. The summed E-state index contributed by atoms with van der Waals surface area (Å²) in [6.07, 6.45) is 4.98. The van der Waals surface area contributed by atoms with Crippen molar-refractivity contribution in [3.05, 3.63) is 40.6 Å². The van der Waals surface area contributed by atoms with Crippen LogP contribution in [0, 0.1) is 5.92 Å². The number of thiophene rings is 1. The van der Waals surface area contributed by atoms with Crippen LogP contribution in [0.4, 0.5) is 0 Å². The minimum Gasteiger partial charge on any atom is -0.333 e. The molecular formula is C14H21N3S. The van der Waals surface area contributed by atoms with E-state index in [1.807, 2.05) is 23.9 Å². The van der Waals surface area contributed by atoms with Crippen LogP contribution in [0.5, 0.6) is 0 Å². The first-order valence-electron chi connectivity index (χ1n) is 6.48. The first-order valence-corrected chi connectivity index (χ1v) is 7.36. The molecule has 0 radical (unpaired) electrons. The van der Waals surface area contributed by atoms with Crippen LogP contribution in [0.15, 0.2) is 30.0 Å². The van der Waals surface area contributed by atoms with Crippen molar-refractivity contribution in [2.24, 2.45) is 5.92 Å². The second-order valence-corrected chi connectivity index (χ2v) is 5.96. The Bertz CT molecular complexity index is 445. The molecule has 18 heavy (non-hydrogen) atoms. The number of rotatable bonds is 7. The zero-order valence-corrected chi connectivity index (χ0v) is 11.9. The van der Waals surface area contributed by atoms with Crippen molar-refractivity contribution in [3.63, 3.8) is 0 Å². The number of imidazole rings is 1. The van der Waals surface area contributed by atoms with Gasteiger partial charge in [-0.15, -0.1) is 11.3 Å². The maximum absolute atomic E-state index is 4.25. The van der Waals surface area contributed by atoms with Crippen molar-refractivity contribution in [3.8, 4) is 0 Å². The Morgan fingerprint density at radius 3 is 3.06 bits per heavy atom. The Morgan fingerprint density at radius 2 is 2.33 bits per heavy atom. The van der Waals surface area contributed by atoms with Gasteiger partial charge in [0.1, 0.15) is 0 Å².